The Bertz CT molecular complexity index is 785. The molecule has 8 heteroatoms. The van der Waals surface area contributed by atoms with Crippen LogP contribution < -0.4 is 11.1 Å². The van der Waals surface area contributed by atoms with Gasteiger partial charge in [-0.2, -0.15) is 0 Å². The number of likely N-dealkylation sites (tertiary alicyclic amines) is 1. The van der Waals surface area contributed by atoms with Crippen molar-refractivity contribution >= 4 is 23.6 Å². The molecule has 1 aliphatic rings. The van der Waals surface area contributed by atoms with E-state index >= 15 is 0 Å². The molecule has 0 spiro atoms. The smallest absolute Gasteiger partial charge is 0.321 e. The molecule has 8 nitrogen and oxygen atoms in total. The van der Waals surface area contributed by atoms with E-state index in [-0.39, 0.29) is 17.9 Å². The minimum absolute atomic E-state index is 0.162. The van der Waals surface area contributed by atoms with E-state index in [9.17, 15) is 9.59 Å². The zero-order valence-electron chi connectivity index (χ0n) is 15.4. The van der Waals surface area contributed by atoms with E-state index in [0.717, 1.165) is 37.1 Å². The Morgan fingerprint density at radius 3 is 2.37 bits per heavy atom. The number of nitrogen functional groups attached to an aromatic ring is 1. The molecular weight excluding hydrogens is 344 g/mol. The number of carbonyl (C=O) groups excluding carboxylic acids is 2. The molecule has 2 aromatic rings. The lowest BCUT2D eigenvalue weighted by atomic mass is 10.1. The predicted molar refractivity (Wildman–Crippen MR) is 103 cm³/mol. The molecule has 0 radical (unpaired) electrons. The highest BCUT2D eigenvalue weighted by Gasteiger charge is 2.18. The SMILES string of the molecule is CN(Cc1cnc(N)nc1)C(=O)Nc1ccc(CC(=O)N2CCCC2)cc1. The van der Waals surface area contributed by atoms with Crippen molar-refractivity contribution in [1.29, 1.82) is 0 Å². The summed E-state index contributed by atoms with van der Waals surface area (Å²) in [6, 6.07) is 7.12. The van der Waals surface area contributed by atoms with Crippen LogP contribution in [-0.2, 0) is 17.8 Å². The van der Waals surface area contributed by atoms with Gasteiger partial charge in [-0.3, -0.25) is 4.79 Å². The van der Waals surface area contributed by atoms with Crippen molar-refractivity contribution in [2.24, 2.45) is 0 Å². The first-order valence-corrected chi connectivity index (χ1v) is 8.96. The topological polar surface area (TPSA) is 104 Å². The maximum atomic E-state index is 12.3. The van der Waals surface area contributed by atoms with Crippen LogP contribution in [0.3, 0.4) is 0 Å². The van der Waals surface area contributed by atoms with E-state index in [1.54, 1.807) is 19.4 Å². The predicted octanol–water partition coefficient (Wildman–Crippen LogP) is 1.89. The number of nitrogens with zero attached hydrogens (tertiary/aromatic N) is 4. The van der Waals surface area contributed by atoms with Crippen LogP contribution in [0.15, 0.2) is 36.7 Å². The molecule has 0 bridgehead atoms. The van der Waals surface area contributed by atoms with Gasteiger partial charge in [0.05, 0.1) is 13.0 Å². The molecule has 1 saturated heterocycles. The first-order valence-electron chi connectivity index (χ1n) is 8.96. The number of nitrogens with two attached hydrogens (primary N) is 1. The number of carbonyl (C=O) groups is 2. The summed E-state index contributed by atoms with van der Waals surface area (Å²) in [6.07, 6.45) is 5.77. The minimum Gasteiger partial charge on any atom is -0.368 e. The lowest BCUT2D eigenvalue weighted by Crippen LogP contribution is -2.31. The molecule has 0 atom stereocenters. The monoisotopic (exact) mass is 368 g/mol. The van der Waals surface area contributed by atoms with Gasteiger partial charge >= 0.3 is 6.03 Å². The average Bonchev–Trinajstić information content (AvgIpc) is 3.20. The average molecular weight is 368 g/mol. The van der Waals surface area contributed by atoms with Crippen LogP contribution in [0.1, 0.15) is 24.0 Å². The van der Waals surface area contributed by atoms with Crippen LogP contribution in [0.4, 0.5) is 16.4 Å². The summed E-state index contributed by atoms with van der Waals surface area (Å²) < 4.78 is 0. The van der Waals surface area contributed by atoms with Gasteiger partial charge in [-0.1, -0.05) is 12.1 Å². The summed E-state index contributed by atoms with van der Waals surface area (Å²) in [5.74, 6) is 0.365. The highest BCUT2D eigenvalue weighted by molar-refractivity contribution is 5.89. The highest BCUT2D eigenvalue weighted by atomic mass is 16.2. The molecule has 27 heavy (non-hydrogen) atoms. The Hall–Kier alpha value is -3.16. The zero-order chi connectivity index (χ0) is 19.2. The van der Waals surface area contributed by atoms with Gasteiger partial charge < -0.3 is 20.9 Å². The van der Waals surface area contributed by atoms with Crippen LogP contribution in [0, 0.1) is 0 Å². The molecule has 1 aromatic heterocycles. The number of hydrogen-bond donors (Lipinski definition) is 2. The van der Waals surface area contributed by atoms with Crippen LogP contribution in [0.5, 0.6) is 0 Å². The number of nitrogens with one attached hydrogen (secondary N) is 1. The fraction of sp³-hybridized carbons (Fsp3) is 0.368. The first kappa shape index (κ1) is 18.6. The van der Waals surface area contributed by atoms with Gasteiger partial charge in [0, 0.05) is 43.8 Å². The Morgan fingerprint density at radius 2 is 1.74 bits per heavy atom. The molecule has 3 rings (SSSR count). The number of benzene rings is 1. The Labute approximate surface area is 158 Å². The minimum atomic E-state index is -0.243. The third-order valence-electron chi connectivity index (χ3n) is 4.51. The van der Waals surface area contributed by atoms with Crippen molar-refractivity contribution < 1.29 is 9.59 Å². The Morgan fingerprint density at radius 1 is 1.11 bits per heavy atom. The summed E-state index contributed by atoms with van der Waals surface area (Å²) in [6.45, 7) is 2.09. The van der Waals surface area contributed by atoms with E-state index in [4.69, 9.17) is 5.73 Å². The zero-order valence-corrected chi connectivity index (χ0v) is 15.4. The molecule has 2 heterocycles. The van der Waals surface area contributed by atoms with E-state index in [0.29, 0.717) is 18.7 Å². The third-order valence-corrected chi connectivity index (χ3v) is 4.51. The summed E-state index contributed by atoms with van der Waals surface area (Å²) in [4.78, 5) is 35.8. The second-order valence-electron chi connectivity index (χ2n) is 6.70. The fourth-order valence-corrected chi connectivity index (χ4v) is 2.97. The molecule has 142 valence electrons. The molecule has 1 fully saturated rings. The van der Waals surface area contributed by atoms with Crippen LogP contribution in [-0.4, -0.2) is 51.8 Å². The van der Waals surface area contributed by atoms with E-state index in [2.05, 4.69) is 15.3 Å². The van der Waals surface area contributed by atoms with Crippen LogP contribution >= 0.6 is 0 Å². The van der Waals surface area contributed by atoms with E-state index in [1.165, 1.54) is 4.90 Å². The van der Waals surface area contributed by atoms with Crippen molar-refractivity contribution in [2.45, 2.75) is 25.8 Å². The molecule has 1 aliphatic heterocycles. The van der Waals surface area contributed by atoms with Crippen molar-refractivity contribution in [3.8, 4) is 0 Å². The van der Waals surface area contributed by atoms with Gasteiger partial charge in [-0.15, -0.1) is 0 Å². The second-order valence-corrected chi connectivity index (χ2v) is 6.70. The van der Waals surface area contributed by atoms with Gasteiger partial charge in [-0.25, -0.2) is 14.8 Å². The number of amides is 3. The van der Waals surface area contributed by atoms with Gasteiger partial charge in [0.15, 0.2) is 0 Å². The summed E-state index contributed by atoms with van der Waals surface area (Å²) in [7, 11) is 1.69. The molecule has 0 unspecified atom stereocenters. The summed E-state index contributed by atoms with van der Waals surface area (Å²) in [5, 5.41) is 2.84. The molecule has 3 N–H and O–H groups in total. The fourth-order valence-electron chi connectivity index (χ4n) is 2.97. The molecule has 0 saturated carbocycles. The molecule has 0 aliphatic carbocycles. The van der Waals surface area contributed by atoms with E-state index in [1.807, 2.05) is 29.2 Å². The third kappa shape index (κ3) is 5.16. The number of urea groups is 1. The van der Waals surface area contributed by atoms with Gasteiger partial charge in [0.25, 0.3) is 0 Å². The quantitative estimate of drug-likeness (QED) is 0.838. The summed E-state index contributed by atoms with van der Waals surface area (Å²) in [5.41, 5.74) is 7.87. The molecule has 1 aromatic carbocycles. The number of anilines is 2. The van der Waals surface area contributed by atoms with Gasteiger partial charge in [-0.05, 0) is 30.5 Å². The van der Waals surface area contributed by atoms with Crippen molar-refractivity contribution in [1.82, 2.24) is 19.8 Å². The molecular formula is C19H24N6O2. The molecule has 3 amide bonds. The van der Waals surface area contributed by atoms with Gasteiger partial charge in [0.1, 0.15) is 0 Å². The second kappa shape index (κ2) is 8.48. The normalized spacial score (nSPS) is 13.4. The maximum Gasteiger partial charge on any atom is 0.321 e. The summed E-state index contributed by atoms with van der Waals surface area (Å²) >= 11 is 0. The van der Waals surface area contributed by atoms with Crippen LogP contribution in [0.25, 0.3) is 0 Å². The Kier molecular flexibility index (Phi) is 5.85. The first-order chi connectivity index (χ1) is 13.0. The maximum absolute atomic E-state index is 12.3. The van der Waals surface area contributed by atoms with Gasteiger partial charge in [0.2, 0.25) is 11.9 Å². The number of hydrogen-bond acceptors (Lipinski definition) is 5. The lowest BCUT2D eigenvalue weighted by molar-refractivity contribution is -0.129. The number of rotatable bonds is 5. The number of aromatic nitrogens is 2. The largest absolute Gasteiger partial charge is 0.368 e. The van der Waals surface area contributed by atoms with Crippen molar-refractivity contribution in [3.05, 3.63) is 47.8 Å². The van der Waals surface area contributed by atoms with E-state index < -0.39 is 0 Å². The van der Waals surface area contributed by atoms with Crippen molar-refractivity contribution in [2.75, 3.05) is 31.2 Å². The lowest BCUT2D eigenvalue weighted by Gasteiger charge is -2.18. The van der Waals surface area contributed by atoms with Crippen LogP contribution in [0.2, 0.25) is 0 Å². The highest BCUT2D eigenvalue weighted by Crippen LogP contribution is 2.14. The Balaban J connectivity index is 1.51. The standard InChI is InChI=1S/C19H24N6O2/c1-24(13-15-11-21-18(20)22-12-15)19(27)23-16-6-4-14(5-7-16)10-17(26)25-8-2-3-9-25/h4-7,11-12H,2-3,8-10,13H2,1H3,(H,23,27)(H2,20,21,22). The van der Waals surface area contributed by atoms with Crippen molar-refractivity contribution in [3.63, 3.8) is 0 Å².